The van der Waals surface area contributed by atoms with Gasteiger partial charge in [0.05, 0.1) is 6.61 Å². The third-order valence-corrected chi connectivity index (χ3v) is 3.04. The van der Waals surface area contributed by atoms with Crippen molar-refractivity contribution in [1.82, 2.24) is 14.6 Å². The number of hydrogen-bond donors (Lipinski definition) is 1. The lowest BCUT2D eigenvalue weighted by Gasteiger charge is -2.20. The van der Waals surface area contributed by atoms with Gasteiger partial charge in [-0.25, -0.2) is 4.98 Å². The monoisotopic (exact) mass is 236 g/mol. The van der Waals surface area contributed by atoms with E-state index in [1.165, 1.54) is 6.33 Å². The first-order valence-corrected chi connectivity index (χ1v) is 5.46. The Hall–Kier alpha value is -1.57. The molecular formula is C10H14N5O2+. The fraction of sp³-hybridized carbons (Fsp3) is 0.500. The Morgan fingerprint density at radius 1 is 1.59 bits per heavy atom. The highest BCUT2D eigenvalue weighted by atomic mass is 16.7. The summed E-state index contributed by atoms with van der Waals surface area (Å²) in [6.45, 7) is 1.37. The van der Waals surface area contributed by atoms with Gasteiger partial charge < -0.3 is 10.5 Å². The molecule has 0 radical (unpaired) electrons. The molecule has 1 aromatic heterocycles. The first-order chi connectivity index (χ1) is 8.25. The molecule has 7 heteroatoms. The maximum atomic E-state index is 5.95. The lowest BCUT2D eigenvalue weighted by molar-refractivity contribution is -0.0969. The van der Waals surface area contributed by atoms with Crippen molar-refractivity contribution in [2.75, 3.05) is 26.0 Å². The Morgan fingerprint density at radius 3 is 3.29 bits per heavy atom. The molecule has 1 aromatic rings. The predicted octanol–water partition coefficient (Wildman–Crippen LogP) is 0.390. The van der Waals surface area contributed by atoms with Gasteiger partial charge in [0.25, 0.3) is 5.82 Å². The fourth-order valence-electron chi connectivity index (χ4n) is 2.24. The molecule has 1 spiro atoms. The van der Waals surface area contributed by atoms with Gasteiger partial charge in [-0.3, -0.25) is 0 Å². The second kappa shape index (κ2) is 3.73. The minimum absolute atomic E-state index is 0.0635. The number of aliphatic imine (C=N–C) groups is 1. The molecule has 0 aliphatic carbocycles. The van der Waals surface area contributed by atoms with Crippen molar-refractivity contribution in [3.05, 3.63) is 6.33 Å². The lowest BCUT2D eigenvalue weighted by Crippen LogP contribution is -2.43. The van der Waals surface area contributed by atoms with E-state index in [9.17, 15) is 0 Å². The quantitative estimate of drug-likeness (QED) is 0.751. The van der Waals surface area contributed by atoms with Crippen LogP contribution in [0.2, 0.25) is 0 Å². The van der Waals surface area contributed by atoms with Gasteiger partial charge in [-0.2, -0.15) is 14.8 Å². The summed E-state index contributed by atoms with van der Waals surface area (Å²) in [6, 6.07) is 0. The summed E-state index contributed by atoms with van der Waals surface area (Å²) in [5.74, 6) is 1.11. The molecule has 0 bridgehead atoms. The second-order valence-electron chi connectivity index (χ2n) is 4.17. The third-order valence-electron chi connectivity index (χ3n) is 3.04. The zero-order valence-electron chi connectivity index (χ0n) is 9.54. The molecule has 3 rings (SSSR count). The third kappa shape index (κ3) is 1.51. The number of hydrogen-bond acceptors (Lipinski definition) is 6. The van der Waals surface area contributed by atoms with Gasteiger partial charge in [0, 0.05) is 13.5 Å². The van der Waals surface area contributed by atoms with Crippen LogP contribution in [0.3, 0.4) is 0 Å². The van der Waals surface area contributed by atoms with Crippen LogP contribution >= 0.6 is 0 Å². The molecule has 2 atom stereocenters. The topological polar surface area (TPSA) is 82.6 Å². The SMILES string of the molecule is COCC1CC[N+]2(C=Nc3c(N)ncnc32)O1. The number of nitrogens with two attached hydrogens (primary N) is 1. The molecule has 7 nitrogen and oxygen atoms in total. The Morgan fingerprint density at radius 2 is 2.47 bits per heavy atom. The van der Waals surface area contributed by atoms with Crippen molar-refractivity contribution in [3.63, 3.8) is 0 Å². The zero-order valence-corrected chi connectivity index (χ0v) is 9.54. The van der Waals surface area contributed by atoms with Gasteiger partial charge in [0.2, 0.25) is 6.34 Å². The average molecular weight is 236 g/mol. The average Bonchev–Trinajstić information content (AvgIpc) is 2.88. The Bertz CT molecular complexity index is 478. The van der Waals surface area contributed by atoms with E-state index in [1.54, 1.807) is 13.4 Å². The largest absolute Gasteiger partial charge is 0.382 e. The van der Waals surface area contributed by atoms with Crippen molar-refractivity contribution >= 4 is 23.7 Å². The van der Waals surface area contributed by atoms with E-state index in [1.807, 2.05) is 0 Å². The second-order valence-corrected chi connectivity index (χ2v) is 4.17. The van der Waals surface area contributed by atoms with Crippen molar-refractivity contribution in [2.45, 2.75) is 12.5 Å². The summed E-state index contributed by atoms with van der Waals surface area (Å²) in [6.07, 6.45) is 4.14. The molecule has 17 heavy (non-hydrogen) atoms. The summed E-state index contributed by atoms with van der Waals surface area (Å²) >= 11 is 0. The molecule has 2 N–H and O–H groups in total. The lowest BCUT2D eigenvalue weighted by atomic mass is 10.3. The summed E-state index contributed by atoms with van der Waals surface area (Å²) in [5, 5.41) is 0. The van der Waals surface area contributed by atoms with Crippen molar-refractivity contribution in [1.29, 1.82) is 0 Å². The van der Waals surface area contributed by atoms with Crippen LogP contribution in [0.4, 0.5) is 17.3 Å². The molecule has 0 saturated carbocycles. The summed E-state index contributed by atoms with van der Waals surface area (Å²) < 4.78 is 5.31. The summed E-state index contributed by atoms with van der Waals surface area (Å²) in [4.78, 5) is 18.4. The van der Waals surface area contributed by atoms with Gasteiger partial charge >= 0.3 is 0 Å². The molecule has 3 heterocycles. The number of hydroxylamine groups is 2. The van der Waals surface area contributed by atoms with Crippen molar-refractivity contribution in [2.24, 2.45) is 4.99 Å². The number of ether oxygens (including phenoxy) is 1. The number of quaternary nitrogens is 1. The highest BCUT2D eigenvalue weighted by Crippen LogP contribution is 2.42. The van der Waals surface area contributed by atoms with E-state index < -0.39 is 0 Å². The van der Waals surface area contributed by atoms with E-state index in [0.29, 0.717) is 18.1 Å². The van der Waals surface area contributed by atoms with Gasteiger partial charge in [-0.1, -0.05) is 4.65 Å². The Labute approximate surface area is 98.4 Å². The van der Waals surface area contributed by atoms with Crippen LogP contribution in [-0.2, 0) is 9.57 Å². The smallest absolute Gasteiger partial charge is 0.298 e. The van der Waals surface area contributed by atoms with Crippen LogP contribution in [0.25, 0.3) is 0 Å². The number of fused-ring (bicyclic) bond motifs is 2. The fourth-order valence-corrected chi connectivity index (χ4v) is 2.24. The standard InChI is InChI=1S/C10H14N5O2/c1-16-4-7-2-3-15(17-7)6-14-8-9(11)12-5-13-10(8)15/h5-7H,2-4H2,1H3,(H2,11,12,13)/q+1. The normalized spacial score (nSPS) is 30.1. The molecule has 1 saturated heterocycles. The van der Waals surface area contributed by atoms with Crippen LogP contribution in [-0.4, -0.2) is 42.7 Å². The van der Waals surface area contributed by atoms with Crippen LogP contribution in [0.15, 0.2) is 11.3 Å². The summed E-state index contributed by atoms with van der Waals surface area (Å²) in [7, 11) is 1.66. The van der Waals surface area contributed by atoms with Crippen LogP contribution in [0.5, 0.6) is 0 Å². The molecule has 90 valence electrons. The number of aromatic nitrogens is 2. The van der Waals surface area contributed by atoms with Gasteiger partial charge in [0.1, 0.15) is 19.0 Å². The minimum Gasteiger partial charge on any atom is -0.382 e. The molecule has 2 unspecified atom stereocenters. The van der Waals surface area contributed by atoms with E-state index in [-0.39, 0.29) is 10.8 Å². The van der Waals surface area contributed by atoms with Crippen LogP contribution in [0.1, 0.15) is 6.42 Å². The highest BCUT2D eigenvalue weighted by molar-refractivity contribution is 5.89. The van der Waals surface area contributed by atoms with E-state index in [4.69, 9.17) is 15.3 Å². The van der Waals surface area contributed by atoms with Crippen LogP contribution in [0, 0.1) is 0 Å². The number of nitrogen functional groups attached to an aromatic ring is 1. The van der Waals surface area contributed by atoms with Crippen molar-refractivity contribution in [3.8, 4) is 0 Å². The molecule has 0 amide bonds. The maximum Gasteiger partial charge on any atom is 0.298 e. The van der Waals surface area contributed by atoms with Crippen LogP contribution < -0.4 is 10.4 Å². The summed E-state index contributed by atoms with van der Waals surface area (Å²) in [5.41, 5.74) is 6.38. The Balaban J connectivity index is 1.94. The van der Waals surface area contributed by atoms with E-state index in [2.05, 4.69) is 15.0 Å². The van der Waals surface area contributed by atoms with E-state index in [0.717, 1.165) is 18.8 Å². The maximum absolute atomic E-state index is 5.95. The first kappa shape index (κ1) is 10.6. The molecule has 1 fully saturated rings. The Kier molecular flexibility index (Phi) is 2.32. The highest BCUT2D eigenvalue weighted by Gasteiger charge is 2.48. The van der Waals surface area contributed by atoms with E-state index >= 15 is 0 Å². The van der Waals surface area contributed by atoms with Gasteiger partial charge in [-0.05, 0) is 0 Å². The molecule has 2 aliphatic heterocycles. The molecular weight excluding hydrogens is 222 g/mol. The molecule has 2 aliphatic rings. The number of anilines is 1. The number of methoxy groups -OCH3 is 1. The zero-order chi connectivity index (χ0) is 11.9. The number of nitrogens with zero attached hydrogens (tertiary/aromatic N) is 4. The van der Waals surface area contributed by atoms with Crippen molar-refractivity contribution < 1.29 is 9.57 Å². The number of rotatable bonds is 2. The van der Waals surface area contributed by atoms with Gasteiger partial charge in [-0.15, -0.1) is 0 Å². The molecule has 0 aromatic carbocycles. The predicted molar refractivity (Wildman–Crippen MR) is 62.6 cm³/mol. The van der Waals surface area contributed by atoms with Gasteiger partial charge in [0.15, 0.2) is 11.5 Å². The minimum atomic E-state index is 0.0635. The first-order valence-electron chi connectivity index (χ1n) is 5.46.